The molecule has 0 radical (unpaired) electrons. The zero-order chi connectivity index (χ0) is 8.60. The van der Waals surface area contributed by atoms with Crippen LogP contribution in [0, 0.1) is 5.92 Å². The Morgan fingerprint density at radius 3 is 2.83 bits per heavy atom. The first-order valence-electron chi connectivity index (χ1n) is 4.24. The Hall–Kier alpha value is -0.380. The van der Waals surface area contributed by atoms with Crippen molar-refractivity contribution in [3.05, 3.63) is 22.4 Å². The summed E-state index contributed by atoms with van der Waals surface area (Å²) < 4.78 is 0. The van der Waals surface area contributed by atoms with Gasteiger partial charge in [-0.25, -0.2) is 0 Å². The van der Waals surface area contributed by atoms with Gasteiger partial charge in [0.15, 0.2) is 0 Å². The van der Waals surface area contributed by atoms with Crippen molar-refractivity contribution in [1.82, 2.24) is 0 Å². The summed E-state index contributed by atoms with van der Waals surface area (Å²) in [5.41, 5.74) is 4.87. The van der Waals surface area contributed by atoms with Crippen LogP contribution < -0.4 is 5.73 Å². The number of hydrogen-bond donors (Lipinski definition) is 2. The Labute approximate surface area is 76.0 Å². The molecule has 3 N–H and O–H groups in total. The van der Waals surface area contributed by atoms with Crippen LogP contribution in [0.1, 0.15) is 17.7 Å². The lowest BCUT2D eigenvalue weighted by molar-refractivity contribution is 0.0259. The van der Waals surface area contributed by atoms with E-state index < -0.39 is 5.60 Å². The number of nitrogens with two attached hydrogens (primary N) is 1. The van der Waals surface area contributed by atoms with E-state index in [0.29, 0.717) is 12.5 Å². The van der Waals surface area contributed by atoms with Crippen LogP contribution in [-0.4, -0.2) is 11.7 Å². The molecule has 0 aliphatic heterocycles. The lowest BCUT2D eigenvalue weighted by Gasteiger charge is -2.24. The molecule has 66 valence electrons. The van der Waals surface area contributed by atoms with E-state index in [1.807, 2.05) is 17.5 Å². The Kier molecular flexibility index (Phi) is 1.94. The third-order valence-electron chi connectivity index (χ3n) is 2.51. The molecule has 2 rings (SSSR count). The third-order valence-corrected chi connectivity index (χ3v) is 3.55. The van der Waals surface area contributed by atoms with Gasteiger partial charge in [-0.1, -0.05) is 6.07 Å². The second-order valence-corrected chi connectivity index (χ2v) is 4.33. The summed E-state index contributed by atoms with van der Waals surface area (Å²) in [5, 5.41) is 12.2. The lowest BCUT2D eigenvalue weighted by atomic mass is 9.96. The molecule has 0 bridgehead atoms. The van der Waals surface area contributed by atoms with E-state index in [0.717, 1.165) is 17.7 Å². The second kappa shape index (κ2) is 2.83. The van der Waals surface area contributed by atoms with Crippen LogP contribution in [0.25, 0.3) is 0 Å². The normalized spacial score (nSPS) is 22.2. The minimum absolute atomic E-state index is 0.345. The minimum Gasteiger partial charge on any atom is -0.383 e. The second-order valence-electron chi connectivity index (χ2n) is 3.38. The zero-order valence-electron chi connectivity index (χ0n) is 6.86. The summed E-state index contributed by atoms with van der Waals surface area (Å²) in [7, 11) is 0. The van der Waals surface area contributed by atoms with E-state index in [1.54, 1.807) is 11.3 Å². The fraction of sp³-hybridized carbons (Fsp3) is 0.556. The first-order chi connectivity index (χ1) is 5.77. The number of thiophene rings is 1. The zero-order valence-corrected chi connectivity index (χ0v) is 7.68. The SMILES string of the molecule is NC[C@](O)(c1cccs1)C1CC1. The molecule has 1 heterocycles. The van der Waals surface area contributed by atoms with Gasteiger partial charge in [0.05, 0.1) is 0 Å². The predicted molar refractivity (Wildman–Crippen MR) is 50.0 cm³/mol. The van der Waals surface area contributed by atoms with Crippen molar-refractivity contribution in [2.24, 2.45) is 11.7 Å². The van der Waals surface area contributed by atoms with Crippen LogP contribution >= 0.6 is 11.3 Å². The van der Waals surface area contributed by atoms with Gasteiger partial charge in [0.2, 0.25) is 0 Å². The van der Waals surface area contributed by atoms with E-state index in [-0.39, 0.29) is 0 Å². The minimum atomic E-state index is -0.728. The van der Waals surface area contributed by atoms with Gasteiger partial charge in [-0.2, -0.15) is 0 Å². The van der Waals surface area contributed by atoms with Gasteiger partial charge in [0, 0.05) is 11.4 Å². The molecular weight excluding hydrogens is 170 g/mol. The fourth-order valence-electron chi connectivity index (χ4n) is 1.55. The van der Waals surface area contributed by atoms with Crippen molar-refractivity contribution in [2.75, 3.05) is 6.54 Å². The highest BCUT2D eigenvalue weighted by atomic mass is 32.1. The van der Waals surface area contributed by atoms with Gasteiger partial charge >= 0.3 is 0 Å². The van der Waals surface area contributed by atoms with E-state index in [2.05, 4.69) is 0 Å². The van der Waals surface area contributed by atoms with Crippen molar-refractivity contribution < 1.29 is 5.11 Å². The van der Waals surface area contributed by atoms with Crippen molar-refractivity contribution in [2.45, 2.75) is 18.4 Å². The van der Waals surface area contributed by atoms with Gasteiger partial charge < -0.3 is 10.8 Å². The van der Waals surface area contributed by atoms with Crippen LogP contribution in [0.3, 0.4) is 0 Å². The number of rotatable bonds is 3. The van der Waals surface area contributed by atoms with Gasteiger partial charge in [0.1, 0.15) is 5.60 Å². The van der Waals surface area contributed by atoms with E-state index in [1.165, 1.54) is 0 Å². The quantitative estimate of drug-likeness (QED) is 0.742. The number of aliphatic hydroxyl groups is 1. The molecule has 0 amide bonds. The summed E-state index contributed by atoms with van der Waals surface area (Å²) >= 11 is 1.59. The molecule has 1 aliphatic carbocycles. The topological polar surface area (TPSA) is 46.2 Å². The molecule has 1 atom stereocenters. The van der Waals surface area contributed by atoms with Gasteiger partial charge in [-0.3, -0.25) is 0 Å². The maximum Gasteiger partial charge on any atom is 0.114 e. The monoisotopic (exact) mass is 183 g/mol. The van der Waals surface area contributed by atoms with Gasteiger partial charge in [-0.15, -0.1) is 11.3 Å². The highest BCUT2D eigenvalue weighted by molar-refractivity contribution is 7.10. The smallest absolute Gasteiger partial charge is 0.114 e. The first kappa shape index (κ1) is 8.23. The standard InChI is InChI=1S/C9H13NOS/c10-6-9(11,7-3-4-7)8-2-1-5-12-8/h1-2,5,7,11H,3-4,6,10H2/t9-/m1/s1. The molecule has 1 aliphatic rings. The summed E-state index contributed by atoms with van der Waals surface area (Å²) in [6, 6.07) is 3.93. The van der Waals surface area contributed by atoms with Crippen molar-refractivity contribution in [3.8, 4) is 0 Å². The van der Waals surface area contributed by atoms with Crippen LogP contribution in [0.4, 0.5) is 0 Å². The first-order valence-corrected chi connectivity index (χ1v) is 5.12. The van der Waals surface area contributed by atoms with Crippen molar-refractivity contribution in [1.29, 1.82) is 0 Å². The molecule has 2 nitrogen and oxygen atoms in total. The largest absolute Gasteiger partial charge is 0.383 e. The summed E-state index contributed by atoms with van der Waals surface area (Å²) in [5.74, 6) is 0.404. The van der Waals surface area contributed by atoms with E-state index in [4.69, 9.17) is 5.73 Å². The van der Waals surface area contributed by atoms with E-state index >= 15 is 0 Å². The third kappa shape index (κ3) is 1.18. The average molecular weight is 183 g/mol. The van der Waals surface area contributed by atoms with Crippen LogP contribution in [0.5, 0.6) is 0 Å². The molecule has 1 aromatic heterocycles. The molecule has 1 saturated carbocycles. The fourth-order valence-corrected chi connectivity index (χ4v) is 2.47. The number of hydrogen-bond acceptors (Lipinski definition) is 3. The highest BCUT2D eigenvalue weighted by Crippen LogP contribution is 2.46. The molecule has 0 spiro atoms. The Morgan fingerprint density at radius 1 is 1.67 bits per heavy atom. The molecule has 3 heteroatoms. The van der Waals surface area contributed by atoms with Crippen LogP contribution in [0.15, 0.2) is 17.5 Å². The van der Waals surface area contributed by atoms with Gasteiger partial charge in [0.25, 0.3) is 0 Å². The molecule has 1 fully saturated rings. The summed E-state index contributed by atoms with van der Waals surface area (Å²) in [6.07, 6.45) is 2.23. The Bertz CT molecular complexity index is 256. The molecule has 12 heavy (non-hydrogen) atoms. The predicted octanol–water partition coefficient (Wildman–Crippen LogP) is 1.30. The summed E-state index contributed by atoms with van der Waals surface area (Å²) in [6.45, 7) is 0.345. The lowest BCUT2D eigenvalue weighted by Crippen LogP contribution is -2.36. The maximum atomic E-state index is 10.2. The highest BCUT2D eigenvalue weighted by Gasteiger charge is 2.44. The molecular formula is C9H13NOS. The van der Waals surface area contributed by atoms with E-state index in [9.17, 15) is 5.11 Å². The Balaban J connectivity index is 2.27. The van der Waals surface area contributed by atoms with Crippen LogP contribution in [0.2, 0.25) is 0 Å². The Morgan fingerprint density at radius 2 is 2.42 bits per heavy atom. The van der Waals surface area contributed by atoms with Crippen molar-refractivity contribution in [3.63, 3.8) is 0 Å². The summed E-state index contributed by atoms with van der Waals surface area (Å²) in [4.78, 5) is 1.02. The van der Waals surface area contributed by atoms with Crippen molar-refractivity contribution >= 4 is 11.3 Å². The molecule has 1 aromatic rings. The molecule has 0 saturated heterocycles. The average Bonchev–Trinajstić information content (AvgIpc) is 2.80. The van der Waals surface area contributed by atoms with Gasteiger partial charge in [-0.05, 0) is 30.2 Å². The maximum absolute atomic E-state index is 10.2. The molecule has 0 unspecified atom stereocenters. The molecule has 0 aromatic carbocycles. The van der Waals surface area contributed by atoms with Crippen LogP contribution in [-0.2, 0) is 5.60 Å².